The standard InChI is InChI=1S/C9H9N3O3/c1-4-8(5(2)15-12-4)6-3-7(9(13)14)11-10-6/h3H,1-2H3,(H,10,11)(H,13,14). The predicted octanol–water partition coefficient (Wildman–Crippen LogP) is 1.38. The Hall–Kier alpha value is -2.11. The van der Waals surface area contributed by atoms with Gasteiger partial charge in [0, 0.05) is 0 Å². The fourth-order valence-corrected chi connectivity index (χ4v) is 1.41. The molecule has 78 valence electrons. The summed E-state index contributed by atoms with van der Waals surface area (Å²) in [5.41, 5.74) is 2.00. The van der Waals surface area contributed by atoms with Crippen LogP contribution in [0.5, 0.6) is 0 Å². The number of hydrogen-bond donors (Lipinski definition) is 2. The maximum absolute atomic E-state index is 10.6. The fourth-order valence-electron chi connectivity index (χ4n) is 1.41. The first-order chi connectivity index (χ1) is 7.09. The number of nitrogens with one attached hydrogen (secondary N) is 1. The number of nitrogens with zero attached hydrogens (tertiary/aromatic N) is 2. The van der Waals surface area contributed by atoms with Crippen molar-refractivity contribution in [1.82, 2.24) is 15.4 Å². The molecule has 0 atom stereocenters. The molecule has 2 N–H and O–H groups in total. The molecule has 0 radical (unpaired) electrons. The van der Waals surface area contributed by atoms with Crippen LogP contribution in [0, 0.1) is 13.8 Å². The predicted molar refractivity (Wildman–Crippen MR) is 50.5 cm³/mol. The average Bonchev–Trinajstić information content (AvgIpc) is 2.73. The van der Waals surface area contributed by atoms with Gasteiger partial charge in [-0.1, -0.05) is 5.16 Å². The first-order valence-corrected chi connectivity index (χ1v) is 4.31. The summed E-state index contributed by atoms with van der Waals surface area (Å²) in [6.07, 6.45) is 0. The number of hydrogen-bond acceptors (Lipinski definition) is 4. The first kappa shape index (κ1) is 9.45. The van der Waals surface area contributed by atoms with Crippen molar-refractivity contribution in [3.63, 3.8) is 0 Å². The highest BCUT2D eigenvalue weighted by Crippen LogP contribution is 2.25. The molecule has 0 aliphatic carbocycles. The number of carboxylic acid groups (broad SMARTS) is 1. The van der Waals surface area contributed by atoms with Gasteiger partial charge in [-0.2, -0.15) is 5.10 Å². The van der Waals surface area contributed by atoms with Crippen LogP contribution in [-0.2, 0) is 0 Å². The van der Waals surface area contributed by atoms with Crippen molar-refractivity contribution >= 4 is 5.97 Å². The van der Waals surface area contributed by atoms with Crippen LogP contribution in [0.3, 0.4) is 0 Å². The molecular formula is C9H9N3O3. The number of carboxylic acids is 1. The molecule has 0 amide bonds. The molecule has 0 aliphatic heterocycles. The summed E-state index contributed by atoms with van der Waals surface area (Å²) in [6, 6.07) is 1.45. The van der Waals surface area contributed by atoms with Gasteiger partial charge in [-0.3, -0.25) is 5.10 Å². The Morgan fingerprint density at radius 1 is 1.53 bits per heavy atom. The van der Waals surface area contributed by atoms with Crippen molar-refractivity contribution in [2.75, 3.05) is 0 Å². The summed E-state index contributed by atoms with van der Waals surface area (Å²) >= 11 is 0. The minimum absolute atomic E-state index is 0.0463. The van der Waals surface area contributed by atoms with Crippen molar-refractivity contribution in [2.45, 2.75) is 13.8 Å². The minimum Gasteiger partial charge on any atom is -0.477 e. The Kier molecular flexibility index (Phi) is 2.03. The quantitative estimate of drug-likeness (QED) is 0.776. The number of aromatic amines is 1. The van der Waals surface area contributed by atoms with Gasteiger partial charge in [-0.15, -0.1) is 0 Å². The smallest absolute Gasteiger partial charge is 0.353 e. The summed E-state index contributed by atoms with van der Waals surface area (Å²) in [4.78, 5) is 10.6. The van der Waals surface area contributed by atoms with Crippen molar-refractivity contribution in [1.29, 1.82) is 0 Å². The van der Waals surface area contributed by atoms with E-state index in [1.807, 2.05) is 0 Å². The third-order valence-electron chi connectivity index (χ3n) is 2.10. The topological polar surface area (TPSA) is 92.0 Å². The Morgan fingerprint density at radius 3 is 2.73 bits per heavy atom. The van der Waals surface area contributed by atoms with E-state index in [0.717, 1.165) is 5.56 Å². The highest BCUT2D eigenvalue weighted by Gasteiger charge is 2.16. The second-order valence-corrected chi connectivity index (χ2v) is 3.17. The molecule has 6 heteroatoms. The maximum atomic E-state index is 10.6. The average molecular weight is 207 g/mol. The van der Waals surface area contributed by atoms with E-state index in [1.165, 1.54) is 6.07 Å². The lowest BCUT2D eigenvalue weighted by atomic mass is 10.1. The van der Waals surface area contributed by atoms with Gasteiger partial charge in [0.15, 0.2) is 0 Å². The van der Waals surface area contributed by atoms with Gasteiger partial charge in [0.25, 0.3) is 0 Å². The zero-order valence-electron chi connectivity index (χ0n) is 8.24. The lowest BCUT2D eigenvalue weighted by Crippen LogP contribution is -1.95. The van der Waals surface area contributed by atoms with E-state index < -0.39 is 5.97 Å². The van der Waals surface area contributed by atoms with E-state index in [9.17, 15) is 4.79 Å². The number of aryl methyl sites for hydroxylation is 2. The SMILES string of the molecule is Cc1noc(C)c1-c1cc(C(=O)O)[nH]n1. The highest BCUT2D eigenvalue weighted by molar-refractivity contribution is 5.87. The molecule has 2 aromatic heterocycles. The Balaban J connectivity index is 2.50. The van der Waals surface area contributed by atoms with Crippen LogP contribution in [0.4, 0.5) is 0 Å². The van der Waals surface area contributed by atoms with E-state index in [-0.39, 0.29) is 5.69 Å². The maximum Gasteiger partial charge on any atom is 0.353 e. The lowest BCUT2D eigenvalue weighted by molar-refractivity contribution is 0.0690. The van der Waals surface area contributed by atoms with Crippen molar-refractivity contribution in [2.24, 2.45) is 0 Å². The molecule has 0 saturated heterocycles. The molecule has 0 bridgehead atoms. The van der Waals surface area contributed by atoms with Crippen molar-refractivity contribution in [3.8, 4) is 11.3 Å². The van der Waals surface area contributed by atoms with Crippen LogP contribution in [-0.4, -0.2) is 26.4 Å². The van der Waals surface area contributed by atoms with Crippen molar-refractivity contribution in [3.05, 3.63) is 23.2 Å². The molecule has 0 saturated carbocycles. The van der Waals surface area contributed by atoms with Gasteiger partial charge >= 0.3 is 5.97 Å². The molecular weight excluding hydrogens is 198 g/mol. The van der Waals surface area contributed by atoms with Crippen LogP contribution < -0.4 is 0 Å². The molecule has 2 heterocycles. The van der Waals surface area contributed by atoms with Gasteiger partial charge in [-0.05, 0) is 19.9 Å². The molecule has 6 nitrogen and oxygen atoms in total. The van der Waals surface area contributed by atoms with Crippen molar-refractivity contribution < 1.29 is 14.4 Å². The van der Waals surface area contributed by atoms with Gasteiger partial charge in [-0.25, -0.2) is 4.79 Å². The number of aromatic nitrogens is 3. The van der Waals surface area contributed by atoms with Crippen LogP contribution in [0.15, 0.2) is 10.6 Å². The Bertz CT molecular complexity index is 493. The monoisotopic (exact) mass is 207 g/mol. The summed E-state index contributed by atoms with van der Waals surface area (Å²) in [5.74, 6) is -0.420. The third-order valence-corrected chi connectivity index (χ3v) is 2.10. The Labute approximate surface area is 84.9 Å². The lowest BCUT2D eigenvalue weighted by Gasteiger charge is -1.91. The molecule has 0 spiro atoms. The van der Waals surface area contributed by atoms with Crippen LogP contribution >= 0.6 is 0 Å². The number of H-pyrrole nitrogens is 1. The fraction of sp³-hybridized carbons (Fsp3) is 0.222. The van der Waals surface area contributed by atoms with Gasteiger partial charge in [0.2, 0.25) is 0 Å². The zero-order valence-corrected chi connectivity index (χ0v) is 8.24. The second-order valence-electron chi connectivity index (χ2n) is 3.17. The van der Waals surface area contributed by atoms with Gasteiger partial charge < -0.3 is 9.63 Å². The van der Waals surface area contributed by atoms with Gasteiger partial charge in [0.05, 0.1) is 17.0 Å². The molecule has 0 aromatic carbocycles. The summed E-state index contributed by atoms with van der Waals surface area (Å²) < 4.78 is 4.97. The molecule has 2 rings (SSSR count). The second kappa shape index (κ2) is 3.23. The first-order valence-electron chi connectivity index (χ1n) is 4.31. The zero-order chi connectivity index (χ0) is 11.0. The summed E-state index contributed by atoms with van der Waals surface area (Å²) in [7, 11) is 0. The summed E-state index contributed by atoms with van der Waals surface area (Å²) in [5, 5.41) is 18.8. The summed E-state index contributed by atoms with van der Waals surface area (Å²) in [6.45, 7) is 3.53. The molecule has 0 aliphatic rings. The van der Waals surface area contributed by atoms with Gasteiger partial charge in [0.1, 0.15) is 11.5 Å². The normalized spacial score (nSPS) is 10.5. The largest absolute Gasteiger partial charge is 0.477 e. The van der Waals surface area contributed by atoms with E-state index in [1.54, 1.807) is 13.8 Å². The van der Waals surface area contributed by atoms with Crippen LogP contribution in [0.25, 0.3) is 11.3 Å². The molecule has 0 fully saturated rings. The number of rotatable bonds is 2. The highest BCUT2D eigenvalue weighted by atomic mass is 16.5. The van der Waals surface area contributed by atoms with E-state index in [2.05, 4.69) is 15.4 Å². The number of carbonyl (C=O) groups is 1. The van der Waals surface area contributed by atoms with Crippen LogP contribution in [0.2, 0.25) is 0 Å². The molecule has 2 aromatic rings. The van der Waals surface area contributed by atoms with E-state index in [0.29, 0.717) is 17.1 Å². The van der Waals surface area contributed by atoms with E-state index in [4.69, 9.17) is 9.63 Å². The third kappa shape index (κ3) is 1.50. The Morgan fingerprint density at radius 2 is 2.27 bits per heavy atom. The number of aromatic carboxylic acids is 1. The van der Waals surface area contributed by atoms with Crippen LogP contribution in [0.1, 0.15) is 21.9 Å². The van der Waals surface area contributed by atoms with E-state index >= 15 is 0 Å². The minimum atomic E-state index is -1.04. The molecule has 15 heavy (non-hydrogen) atoms. The molecule has 0 unspecified atom stereocenters.